The summed E-state index contributed by atoms with van der Waals surface area (Å²) in [5, 5.41) is 12.8. The molecule has 9 aromatic carbocycles. The molecular weight excluding hydrogens is 599 g/mol. The Morgan fingerprint density at radius 2 is 0.979 bits per heavy atom. The Bertz CT molecular complexity index is 2840. The van der Waals surface area contributed by atoms with E-state index in [9.17, 15) is 0 Å². The molecule has 48 heavy (non-hydrogen) atoms. The second-order valence-corrected chi connectivity index (χ2v) is 13.6. The quantitative estimate of drug-likeness (QED) is 0.176. The first-order chi connectivity index (χ1) is 23.8. The van der Waals surface area contributed by atoms with Gasteiger partial charge < -0.3 is 4.90 Å². The van der Waals surface area contributed by atoms with Crippen molar-refractivity contribution in [2.75, 3.05) is 4.90 Å². The number of thiophene rings is 1. The minimum atomic E-state index is 1.13. The molecule has 0 amide bonds. The lowest BCUT2D eigenvalue weighted by Crippen LogP contribution is -2.10. The van der Waals surface area contributed by atoms with Gasteiger partial charge in [0.15, 0.2) is 0 Å². The molecule has 0 saturated heterocycles. The van der Waals surface area contributed by atoms with Crippen molar-refractivity contribution in [3.63, 3.8) is 0 Å². The Kier molecular flexibility index (Phi) is 6.12. The van der Waals surface area contributed by atoms with Crippen molar-refractivity contribution in [1.82, 2.24) is 0 Å². The fourth-order valence-electron chi connectivity index (χ4n) is 7.57. The van der Waals surface area contributed by atoms with Gasteiger partial charge in [0.05, 0.1) is 10.4 Å². The second kappa shape index (κ2) is 10.8. The summed E-state index contributed by atoms with van der Waals surface area (Å²) in [4.78, 5) is 2.44. The Morgan fingerprint density at radius 3 is 1.83 bits per heavy atom. The minimum absolute atomic E-state index is 1.13. The Morgan fingerprint density at radius 1 is 0.375 bits per heavy atom. The van der Waals surface area contributed by atoms with Crippen molar-refractivity contribution in [2.24, 2.45) is 0 Å². The van der Waals surface area contributed by atoms with Crippen LogP contribution in [-0.2, 0) is 0 Å². The molecule has 1 nitrogen and oxygen atoms in total. The maximum atomic E-state index is 2.44. The zero-order valence-corrected chi connectivity index (χ0v) is 26.9. The van der Waals surface area contributed by atoms with Crippen LogP contribution in [0.4, 0.5) is 17.1 Å². The molecule has 0 aliphatic rings. The van der Waals surface area contributed by atoms with Crippen LogP contribution in [0.1, 0.15) is 0 Å². The minimum Gasteiger partial charge on any atom is -0.309 e. The molecule has 1 aromatic heterocycles. The summed E-state index contributed by atoms with van der Waals surface area (Å²) < 4.78 is 2.60. The molecule has 10 rings (SSSR count). The average Bonchev–Trinajstić information content (AvgIpc) is 3.54. The maximum Gasteiger partial charge on any atom is 0.0640 e. The van der Waals surface area contributed by atoms with Crippen LogP contribution in [0.2, 0.25) is 0 Å². The summed E-state index contributed by atoms with van der Waals surface area (Å²) >= 11 is 1.87. The monoisotopic (exact) mass is 627 g/mol. The number of benzene rings is 9. The summed E-state index contributed by atoms with van der Waals surface area (Å²) in [7, 11) is 0. The predicted octanol–water partition coefficient (Wildman–Crippen LogP) is 13.8. The van der Waals surface area contributed by atoms with Gasteiger partial charge in [-0.05, 0) is 90.6 Å². The Labute approximate surface area is 282 Å². The first-order valence-corrected chi connectivity index (χ1v) is 17.2. The lowest BCUT2D eigenvalue weighted by Gasteiger charge is -2.27. The molecule has 0 unspecified atom stereocenters. The second-order valence-electron chi connectivity index (χ2n) is 12.5. The van der Waals surface area contributed by atoms with Gasteiger partial charge in [-0.15, -0.1) is 11.3 Å². The SMILES string of the molecule is c1ccc2c(-c3ccc(N(c4ccc5c(ccc6ccc7ccccc7c65)c4)c4cccc5c4sc4ccccc45)cc3)cccc2c1. The van der Waals surface area contributed by atoms with Gasteiger partial charge in [0, 0.05) is 26.8 Å². The number of nitrogens with zero attached hydrogens (tertiary/aromatic N) is 1. The zero-order valence-electron chi connectivity index (χ0n) is 26.1. The molecule has 10 aromatic rings. The van der Waals surface area contributed by atoms with E-state index in [0.717, 1.165) is 11.4 Å². The molecule has 2 heteroatoms. The normalized spacial score (nSPS) is 11.8. The van der Waals surface area contributed by atoms with Gasteiger partial charge in [0.25, 0.3) is 0 Å². The Hall–Kier alpha value is -5.96. The molecule has 0 fully saturated rings. The highest BCUT2D eigenvalue weighted by Crippen LogP contribution is 2.46. The molecule has 0 radical (unpaired) electrons. The van der Waals surface area contributed by atoms with Crippen molar-refractivity contribution in [2.45, 2.75) is 0 Å². The molecule has 0 bridgehead atoms. The smallest absolute Gasteiger partial charge is 0.0640 e. The van der Waals surface area contributed by atoms with Crippen LogP contribution in [-0.4, -0.2) is 0 Å². The highest BCUT2D eigenvalue weighted by molar-refractivity contribution is 7.26. The van der Waals surface area contributed by atoms with Crippen LogP contribution >= 0.6 is 11.3 Å². The van der Waals surface area contributed by atoms with Gasteiger partial charge in [0.1, 0.15) is 0 Å². The van der Waals surface area contributed by atoms with E-state index in [0.29, 0.717) is 0 Å². The first-order valence-electron chi connectivity index (χ1n) is 16.4. The molecule has 224 valence electrons. The average molecular weight is 628 g/mol. The fraction of sp³-hybridized carbons (Fsp3) is 0. The van der Waals surface area contributed by atoms with Crippen LogP contribution in [0.25, 0.3) is 74.4 Å². The number of fused-ring (bicyclic) bond motifs is 9. The lowest BCUT2D eigenvalue weighted by atomic mass is 9.96. The molecule has 0 spiro atoms. The third-order valence-corrected chi connectivity index (χ3v) is 11.0. The summed E-state index contributed by atoms with van der Waals surface area (Å²) in [5.74, 6) is 0. The predicted molar refractivity (Wildman–Crippen MR) is 209 cm³/mol. The summed E-state index contributed by atoms with van der Waals surface area (Å²) in [5.41, 5.74) is 5.94. The van der Waals surface area contributed by atoms with E-state index in [-0.39, 0.29) is 0 Å². The van der Waals surface area contributed by atoms with Gasteiger partial charge in [-0.25, -0.2) is 0 Å². The van der Waals surface area contributed by atoms with E-state index in [1.165, 1.54) is 80.1 Å². The maximum absolute atomic E-state index is 2.44. The number of hydrogen-bond acceptors (Lipinski definition) is 2. The summed E-state index contributed by atoms with van der Waals surface area (Å²) in [6.07, 6.45) is 0. The standard InChI is InChI=1S/C46H29NS/c1-3-12-37-30(9-1)11-7-15-38(37)32-23-25-35(26-24-32)47(43-17-8-16-42-41-14-5-6-18-44(41)48-46(42)43)36-27-28-40-34(29-36)22-21-33-20-19-31-10-2-4-13-39(31)45(33)40/h1-29H. The van der Waals surface area contributed by atoms with Crippen molar-refractivity contribution >= 4 is 91.7 Å². The van der Waals surface area contributed by atoms with Crippen LogP contribution in [0.15, 0.2) is 176 Å². The lowest BCUT2D eigenvalue weighted by molar-refractivity contribution is 1.31. The third kappa shape index (κ3) is 4.24. The zero-order chi connectivity index (χ0) is 31.6. The largest absolute Gasteiger partial charge is 0.309 e. The highest BCUT2D eigenvalue weighted by Gasteiger charge is 2.19. The van der Waals surface area contributed by atoms with Gasteiger partial charge in [-0.3, -0.25) is 0 Å². The fourth-order valence-corrected chi connectivity index (χ4v) is 8.77. The molecular formula is C46H29NS. The van der Waals surface area contributed by atoms with Crippen LogP contribution in [0.5, 0.6) is 0 Å². The summed E-state index contributed by atoms with van der Waals surface area (Å²) in [6.45, 7) is 0. The molecule has 0 N–H and O–H groups in total. The van der Waals surface area contributed by atoms with E-state index in [1.54, 1.807) is 0 Å². The van der Waals surface area contributed by atoms with Crippen LogP contribution < -0.4 is 4.90 Å². The molecule has 0 saturated carbocycles. The first kappa shape index (κ1) is 27.2. The molecule has 0 aliphatic carbocycles. The number of rotatable bonds is 4. The van der Waals surface area contributed by atoms with Gasteiger partial charge in [-0.2, -0.15) is 0 Å². The van der Waals surface area contributed by atoms with Gasteiger partial charge in [-0.1, -0.05) is 140 Å². The third-order valence-electron chi connectivity index (χ3n) is 9.82. The van der Waals surface area contributed by atoms with Crippen molar-refractivity contribution < 1.29 is 0 Å². The van der Waals surface area contributed by atoms with E-state index in [2.05, 4.69) is 181 Å². The summed E-state index contributed by atoms with van der Waals surface area (Å²) in [6, 6.07) is 64.5. The van der Waals surface area contributed by atoms with E-state index in [4.69, 9.17) is 0 Å². The van der Waals surface area contributed by atoms with E-state index < -0.39 is 0 Å². The van der Waals surface area contributed by atoms with Crippen molar-refractivity contribution in [3.8, 4) is 11.1 Å². The van der Waals surface area contributed by atoms with Crippen molar-refractivity contribution in [3.05, 3.63) is 176 Å². The molecule has 0 aliphatic heterocycles. The molecule has 1 heterocycles. The topological polar surface area (TPSA) is 3.24 Å². The molecule has 0 atom stereocenters. The van der Waals surface area contributed by atoms with Gasteiger partial charge >= 0.3 is 0 Å². The highest BCUT2D eigenvalue weighted by atomic mass is 32.1. The van der Waals surface area contributed by atoms with E-state index in [1.807, 2.05) is 11.3 Å². The van der Waals surface area contributed by atoms with Gasteiger partial charge in [0.2, 0.25) is 0 Å². The number of hydrogen-bond donors (Lipinski definition) is 0. The number of anilines is 3. The Balaban J connectivity index is 1.19. The van der Waals surface area contributed by atoms with E-state index >= 15 is 0 Å². The van der Waals surface area contributed by atoms with Crippen molar-refractivity contribution in [1.29, 1.82) is 0 Å². The van der Waals surface area contributed by atoms with Crippen LogP contribution in [0, 0.1) is 0 Å². The van der Waals surface area contributed by atoms with Crippen LogP contribution in [0.3, 0.4) is 0 Å².